The molecule has 1 atom stereocenters. The molecule has 0 saturated carbocycles. The summed E-state index contributed by atoms with van der Waals surface area (Å²) in [7, 11) is -3.43. The quantitative estimate of drug-likeness (QED) is 0.544. The molecule has 1 aliphatic heterocycles. The average molecular weight is 407 g/mol. The molecule has 1 N–H and O–H groups in total. The van der Waals surface area contributed by atoms with E-state index in [-0.39, 0.29) is 18.0 Å². The van der Waals surface area contributed by atoms with Crippen molar-refractivity contribution in [3.63, 3.8) is 0 Å². The molecule has 27 heavy (non-hydrogen) atoms. The smallest absolute Gasteiger partial charge is 0.275 e. The van der Waals surface area contributed by atoms with Crippen molar-refractivity contribution in [1.29, 1.82) is 0 Å². The third kappa shape index (κ3) is 6.10. The highest BCUT2D eigenvalue weighted by molar-refractivity contribution is 7.88. The van der Waals surface area contributed by atoms with Gasteiger partial charge in [0.1, 0.15) is 12.4 Å². The number of alkyl halides is 2. The largest absolute Gasteiger partial charge is 0.487 e. The number of halogens is 2. The number of carbonyl (C=O) groups is 1. The third-order valence-corrected chi connectivity index (χ3v) is 5.24. The summed E-state index contributed by atoms with van der Waals surface area (Å²) in [6.45, 7) is -0.611. The lowest BCUT2D eigenvalue weighted by atomic mass is 9.98. The molecule has 1 heterocycles. The molecule has 12 heteroatoms. The monoisotopic (exact) mass is 407 g/mol. The molecule has 150 valence electrons. The molecule has 0 bridgehead atoms. The number of sulfonamides is 1. The predicted molar refractivity (Wildman–Crippen MR) is 92.4 cm³/mol. The number of rotatable bonds is 7. The van der Waals surface area contributed by atoms with E-state index in [2.05, 4.69) is 5.32 Å². The number of nitrogens with one attached hydrogen (secondary N) is 1. The van der Waals surface area contributed by atoms with E-state index in [1.54, 1.807) is 0 Å². The number of anilines is 1. The van der Waals surface area contributed by atoms with Gasteiger partial charge in [-0.3, -0.25) is 14.9 Å². The summed E-state index contributed by atoms with van der Waals surface area (Å²) in [5.74, 6) is -1.32. The first-order chi connectivity index (χ1) is 12.6. The Bertz CT molecular complexity index is 818. The van der Waals surface area contributed by atoms with Gasteiger partial charge in [0, 0.05) is 25.2 Å². The number of hydrogen-bond donors (Lipinski definition) is 1. The highest BCUT2D eigenvalue weighted by Gasteiger charge is 2.30. The van der Waals surface area contributed by atoms with Crippen molar-refractivity contribution in [2.75, 3.05) is 31.3 Å². The number of hydrogen-bond acceptors (Lipinski definition) is 6. The molecule has 0 aliphatic carbocycles. The molecule has 1 aromatic rings. The van der Waals surface area contributed by atoms with Crippen molar-refractivity contribution in [2.45, 2.75) is 19.3 Å². The van der Waals surface area contributed by atoms with Gasteiger partial charge in [-0.15, -0.1) is 0 Å². The van der Waals surface area contributed by atoms with Gasteiger partial charge in [0.2, 0.25) is 15.9 Å². The zero-order valence-corrected chi connectivity index (χ0v) is 15.2. The maximum atomic E-state index is 12.4. The Kier molecular flexibility index (Phi) is 6.65. The van der Waals surface area contributed by atoms with E-state index in [0.29, 0.717) is 19.4 Å². The van der Waals surface area contributed by atoms with E-state index in [1.807, 2.05) is 0 Å². The molecule has 0 radical (unpaired) electrons. The van der Waals surface area contributed by atoms with Gasteiger partial charge in [0.25, 0.3) is 12.1 Å². The van der Waals surface area contributed by atoms with Crippen molar-refractivity contribution >= 4 is 27.3 Å². The van der Waals surface area contributed by atoms with E-state index in [1.165, 1.54) is 10.4 Å². The van der Waals surface area contributed by atoms with Crippen molar-refractivity contribution in [1.82, 2.24) is 4.31 Å². The average Bonchev–Trinajstić information content (AvgIpc) is 2.59. The lowest BCUT2D eigenvalue weighted by Gasteiger charge is -2.30. The van der Waals surface area contributed by atoms with E-state index in [9.17, 15) is 32.1 Å². The van der Waals surface area contributed by atoms with Gasteiger partial charge < -0.3 is 10.1 Å². The topological polar surface area (TPSA) is 119 Å². The van der Waals surface area contributed by atoms with Gasteiger partial charge in [-0.2, -0.15) is 0 Å². The molecule has 1 aromatic carbocycles. The van der Waals surface area contributed by atoms with Crippen molar-refractivity contribution in [2.24, 2.45) is 5.92 Å². The molecule has 1 unspecified atom stereocenters. The Balaban J connectivity index is 2.15. The zero-order valence-electron chi connectivity index (χ0n) is 14.4. The van der Waals surface area contributed by atoms with Crippen LogP contribution in [0.1, 0.15) is 12.8 Å². The predicted octanol–water partition coefficient (Wildman–Crippen LogP) is 1.85. The van der Waals surface area contributed by atoms with Crippen LogP contribution in [0.3, 0.4) is 0 Å². The number of amides is 1. The van der Waals surface area contributed by atoms with Crippen LogP contribution < -0.4 is 10.1 Å². The maximum Gasteiger partial charge on any atom is 0.275 e. The summed E-state index contributed by atoms with van der Waals surface area (Å²) < 4.78 is 53.9. The number of nitro benzene ring substituents is 1. The summed E-state index contributed by atoms with van der Waals surface area (Å²) in [6, 6.07) is 3.25. The summed E-state index contributed by atoms with van der Waals surface area (Å²) >= 11 is 0. The van der Waals surface area contributed by atoms with Crippen LogP contribution in [0.5, 0.6) is 5.75 Å². The molecule has 1 fully saturated rings. The van der Waals surface area contributed by atoms with Crippen LogP contribution >= 0.6 is 0 Å². The minimum absolute atomic E-state index is 0.00827. The van der Waals surface area contributed by atoms with Gasteiger partial charge in [0.05, 0.1) is 28.9 Å². The Labute approximate surface area is 154 Å². The van der Waals surface area contributed by atoms with Crippen molar-refractivity contribution in [3.05, 3.63) is 28.3 Å². The summed E-state index contributed by atoms with van der Waals surface area (Å²) in [5, 5.41) is 13.5. The fourth-order valence-corrected chi connectivity index (χ4v) is 3.62. The zero-order chi connectivity index (χ0) is 20.2. The van der Waals surface area contributed by atoms with E-state index < -0.39 is 45.5 Å². The Morgan fingerprint density at radius 2 is 2.15 bits per heavy atom. The van der Waals surface area contributed by atoms with Gasteiger partial charge in [0.15, 0.2) is 0 Å². The molecule has 0 spiro atoms. The fourth-order valence-electron chi connectivity index (χ4n) is 2.71. The first-order valence-electron chi connectivity index (χ1n) is 8.02. The van der Waals surface area contributed by atoms with Gasteiger partial charge in [-0.05, 0) is 12.8 Å². The highest BCUT2D eigenvalue weighted by Crippen LogP contribution is 2.28. The minimum Gasteiger partial charge on any atom is -0.487 e. The second kappa shape index (κ2) is 8.57. The summed E-state index contributed by atoms with van der Waals surface area (Å²) in [4.78, 5) is 22.7. The van der Waals surface area contributed by atoms with E-state index in [4.69, 9.17) is 4.74 Å². The Morgan fingerprint density at radius 3 is 2.74 bits per heavy atom. The van der Waals surface area contributed by atoms with Crippen LogP contribution in [0.15, 0.2) is 18.2 Å². The molecule has 0 aromatic heterocycles. The van der Waals surface area contributed by atoms with Crippen LogP contribution in [-0.4, -0.2) is 55.9 Å². The van der Waals surface area contributed by atoms with E-state index >= 15 is 0 Å². The lowest BCUT2D eigenvalue weighted by molar-refractivity contribution is -0.384. The SMILES string of the molecule is CS(=O)(=O)N1CCCC(C(=O)Nc2cc(OCC(F)F)cc([N+](=O)[O-])c2)C1. The Morgan fingerprint density at radius 1 is 1.44 bits per heavy atom. The summed E-state index contributed by atoms with van der Waals surface area (Å²) in [6.07, 6.45) is -0.739. The number of non-ortho nitro benzene ring substituents is 1. The molecule has 1 saturated heterocycles. The molecular weight excluding hydrogens is 388 g/mol. The molecule has 2 rings (SSSR count). The van der Waals surface area contributed by atoms with Crippen LogP contribution in [-0.2, 0) is 14.8 Å². The number of benzene rings is 1. The molecule has 1 amide bonds. The standard InChI is InChI=1S/C15H19F2N3O6S/c1-27(24,25)19-4-2-3-10(8-19)15(21)18-11-5-12(20(22)23)7-13(6-11)26-9-14(16)17/h5-7,10,14H,2-4,8-9H2,1H3,(H,18,21). The van der Waals surface area contributed by atoms with Crippen molar-refractivity contribution < 1.29 is 31.7 Å². The van der Waals surface area contributed by atoms with Crippen LogP contribution in [0.25, 0.3) is 0 Å². The number of ether oxygens (including phenoxy) is 1. The normalized spacial score (nSPS) is 18.3. The fraction of sp³-hybridized carbons (Fsp3) is 0.533. The maximum absolute atomic E-state index is 12.4. The second-order valence-corrected chi connectivity index (χ2v) is 8.11. The van der Waals surface area contributed by atoms with Crippen LogP contribution in [0.4, 0.5) is 20.2 Å². The molecule has 9 nitrogen and oxygen atoms in total. The van der Waals surface area contributed by atoms with E-state index in [0.717, 1.165) is 18.4 Å². The van der Waals surface area contributed by atoms with Gasteiger partial charge in [-0.1, -0.05) is 0 Å². The van der Waals surface area contributed by atoms with Gasteiger partial charge in [-0.25, -0.2) is 21.5 Å². The number of nitro groups is 1. The highest BCUT2D eigenvalue weighted by atomic mass is 32.2. The molecule has 1 aliphatic rings. The lowest BCUT2D eigenvalue weighted by Crippen LogP contribution is -2.43. The number of nitrogens with zero attached hydrogens (tertiary/aromatic N) is 2. The number of carbonyl (C=O) groups excluding carboxylic acids is 1. The Hall–Kier alpha value is -2.34. The third-order valence-electron chi connectivity index (χ3n) is 3.97. The van der Waals surface area contributed by atoms with Crippen molar-refractivity contribution in [3.8, 4) is 5.75 Å². The van der Waals surface area contributed by atoms with Crippen LogP contribution in [0, 0.1) is 16.0 Å². The number of piperidine rings is 1. The first-order valence-corrected chi connectivity index (χ1v) is 9.87. The molecular formula is C15H19F2N3O6S. The first kappa shape index (κ1) is 21.0. The van der Waals surface area contributed by atoms with Crippen LogP contribution in [0.2, 0.25) is 0 Å². The summed E-state index contributed by atoms with van der Waals surface area (Å²) in [5.41, 5.74) is -0.423. The van der Waals surface area contributed by atoms with Gasteiger partial charge >= 0.3 is 0 Å². The minimum atomic E-state index is -3.43. The second-order valence-electron chi connectivity index (χ2n) is 6.12.